The number of H-pyrrole nitrogens is 1. The van der Waals surface area contributed by atoms with Crippen molar-refractivity contribution >= 4 is 65.2 Å². The van der Waals surface area contributed by atoms with Crippen molar-refractivity contribution in [1.82, 2.24) is 47.2 Å². The number of alkyl halides is 6. The molecule has 0 aliphatic rings. The van der Waals surface area contributed by atoms with E-state index >= 15 is 0 Å². The van der Waals surface area contributed by atoms with Gasteiger partial charge in [0.25, 0.3) is 0 Å². The van der Waals surface area contributed by atoms with Gasteiger partial charge in [-0.2, -0.15) is 26.3 Å². The number of carboxylic acid groups (broad SMARTS) is 3. The first kappa shape index (κ1) is 66.8. The number of nitrogens with zero attached hydrogens (tertiary/aromatic N) is 2. The van der Waals surface area contributed by atoms with Gasteiger partial charge >= 0.3 is 30.3 Å². The fourth-order valence-electron chi connectivity index (χ4n) is 5.25. The van der Waals surface area contributed by atoms with Crippen LogP contribution in [0.2, 0.25) is 0 Å². The van der Waals surface area contributed by atoms with Crippen molar-refractivity contribution in [3.63, 3.8) is 0 Å². The van der Waals surface area contributed by atoms with Gasteiger partial charge in [-0.1, -0.05) is 27.7 Å². The molecule has 0 bridgehead atoms. The maximum absolute atomic E-state index is 13.6. The molecule has 0 radical (unpaired) electrons. The lowest BCUT2D eigenvalue weighted by molar-refractivity contribution is -0.193. The number of aromatic nitrogens is 2. The number of aliphatic hydroxyl groups is 1. The van der Waals surface area contributed by atoms with Crippen LogP contribution in [0, 0.1) is 11.8 Å². The molecular formula is C39H63F6N13O14. The fraction of sp³-hybridized carbons (Fsp3) is 0.641. The number of imidazole rings is 1. The zero-order valence-electron chi connectivity index (χ0n) is 39.8. The van der Waals surface area contributed by atoms with Gasteiger partial charge in [0.05, 0.1) is 25.5 Å². The molecule has 27 nitrogen and oxygen atoms in total. The predicted molar refractivity (Wildman–Crippen MR) is 237 cm³/mol. The Morgan fingerprint density at radius 3 is 1.51 bits per heavy atom. The maximum Gasteiger partial charge on any atom is 0.490 e. The smallest absolute Gasteiger partial charge is 0.480 e. The molecule has 7 amide bonds. The Kier molecular flexibility index (Phi) is 30.2. The minimum absolute atomic E-state index is 0.0152. The molecule has 1 aromatic heterocycles. The Bertz CT molecular complexity index is 1960. The van der Waals surface area contributed by atoms with E-state index in [1.807, 2.05) is 0 Å². The molecule has 0 aliphatic carbocycles. The van der Waals surface area contributed by atoms with Gasteiger partial charge in [-0.15, -0.1) is 0 Å². The zero-order chi connectivity index (χ0) is 56.3. The third kappa shape index (κ3) is 29.7. The van der Waals surface area contributed by atoms with Gasteiger partial charge in [0, 0.05) is 24.9 Å². The summed E-state index contributed by atoms with van der Waals surface area (Å²) in [7, 11) is 0. The Hall–Kier alpha value is -7.32. The van der Waals surface area contributed by atoms with Gasteiger partial charge in [0.15, 0.2) is 5.96 Å². The minimum Gasteiger partial charge on any atom is -0.480 e. The average molecular weight is 1050 g/mol. The number of nitrogens with two attached hydrogens (primary N) is 3. The number of aliphatic imine (C=N–C) groups is 1. The summed E-state index contributed by atoms with van der Waals surface area (Å²) in [5.41, 5.74) is 16.5. The van der Waals surface area contributed by atoms with Gasteiger partial charge < -0.3 is 79.8 Å². The van der Waals surface area contributed by atoms with E-state index in [0.717, 1.165) is 0 Å². The van der Waals surface area contributed by atoms with Crippen LogP contribution in [0.5, 0.6) is 0 Å². The summed E-state index contributed by atoms with van der Waals surface area (Å²) < 4.78 is 63.5. The van der Waals surface area contributed by atoms with Crippen molar-refractivity contribution in [2.24, 2.45) is 34.0 Å². The number of aliphatic hydroxyl groups excluding tert-OH is 1. The van der Waals surface area contributed by atoms with Crippen molar-refractivity contribution in [3.05, 3.63) is 18.2 Å². The van der Waals surface area contributed by atoms with Crippen molar-refractivity contribution in [1.29, 1.82) is 0 Å². The fourth-order valence-corrected chi connectivity index (χ4v) is 5.25. The summed E-state index contributed by atoms with van der Waals surface area (Å²) in [6.07, 6.45) is -6.97. The minimum atomic E-state index is -5.08. The number of hydrogen-bond acceptors (Lipinski definition) is 14. The summed E-state index contributed by atoms with van der Waals surface area (Å²) in [4.78, 5) is 131. The lowest BCUT2D eigenvalue weighted by Gasteiger charge is -2.26. The average Bonchev–Trinajstić information content (AvgIpc) is 3.77. The standard InChI is InChI=1S/C35H61N13O10.2C2HF3O2/c1-17(2)10-23(46-32(55)25(12-21-13-39-16-42-21)47-33(56)26(15-49)48-28(51)19(5)36)30(53)41-14-27(50)44-24(11-18(3)4)31(54)43-20(6)29(52)45-22(34(57)58)8-7-9-40-35(37)38;2*3-2(4,5)1(6)7/h13,16-20,22-26,49H,7-12,14-15,36H2,1-6H3,(H,39,42)(H,41,53)(H,43,54)(H,44,50)(H,45,52)(H,46,55)(H,47,56)(H,48,51)(H,57,58)(H4,37,38,40);2*(H,6,7). The van der Waals surface area contributed by atoms with Crippen molar-refractivity contribution < 1.29 is 94.7 Å². The number of aliphatic carboxylic acids is 3. The van der Waals surface area contributed by atoms with Crippen LogP contribution in [-0.4, -0.2) is 170 Å². The second-order valence-electron chi connectivity index (χ2n) is 16.2. The summed E-state index contributed by atoms with van der Waals surface area (Å²) in [6, 6.07) is -8.54. The number of rotatable bonds is 26. The van der Waals surface area contributed by atoms with Crippen LogP contribution >= 0.6 is 0 Å². The number of amides is 7. The first-order chi connectivity index (χ1) is 33.0. The number of guanidine groups is 1. The number of aromatic amines is 1. The number of carboxylic acids is 3. The molecule has 1 aromatic rings. The molecule has 7 unspecified atom stereocenters. The molecular weight excluding hydrogens is 988 g/mol. The molecule has 33 heteroatoms. The van der Waals surface area contributed by atoms with Gasteiger partial charge in [-0.3, -0.25) is 38.6 Å². The number of halogens is 6. The highest BCUT2D eigenvalue weighted by Gasteiger charge is 2.39. The lowest BCUT2D eigenvalue weighted by atomic mass is 10.0. The topological polar surface area (TPSA) is 455 Å². The SMILES string of the molecule is CC(C)CC(NC(=O)CNC(=O)C(CC(C)C)NC(=O)C(Cc1cnc[nH]1)NC(=O)C(CO)NC(=O)C(C)N)C(=O)NC(C)C(=O)NC(CCCN=C(N)N)C(=O)O.O=C(O)C(F)(F)F.O=C(O)C(F)(F)F. The zero-order valence-corrected chi connectivity index (χ0v) is 39.8. The van der Waals surface area contributed by atoms with E-state index in [-0.39, 0.29) is 56.4 Å². The van der Waals surface area contributed by atoms with Crippen molar-refractivity contribution in [3.8, 4) is 0 Å². The molecule has 0 spiro atoms. The van der Waals surface area contributed by atoms with Crippen LogP contribution in [0.3, 0.4) is 0 Å². The summed E-state index contributed by atoms with van der Waals surface area (Å²) in [5, 5.41) is 50.8. The Morgan fingerprint density at radius 1 is 0.653 bits per heavy atom. The molecule has 72 heavy (non-hydrogen) atoms. The molecule has 0 saturated heterocycles. The highest BCUT2D eigenvalue weighted by atomic mass is 19.4. The Balaban J connectivity index is 0. The van der Waals surface area contributed by atoms with Gasteiger partial charge in [0.1, 0.15) is 36.3 Å². The molecule has 7 atom stereocenters. The van der Waals surface area contributed by atoms with Crippen LogP contribution in [0.4, 0.5) is 26.3 Å². The van der Waals surface area contributed by atoms with Crippen LogP contribution in [-0.2, 0) is 54.4 Å². The van der Waals surface area contributed by atoms with E-state index in [1.165, 1.54) is 26.4 Å². The molecule has 0 saturated carbocycles. The number of carbonyl (C=O) groups excluding carboxylic acids is 7. The highest BCUT2D eigenvalue weighted by molar-refractivity contribution is 5.97. The molecule has 0 fully saturated rings. The van der Waals surface area contributed by atoms with Crippen molar-refractivity contribution in [2.75, 3.05) is 19.7 Å². The van der Waals surface area contributed by atoms with Crippen LogP contribution < -0.4 is 54.4 Å². The molecule has 1 heterocycles. The second-order valence-corrected chi connectivity index (χ2v) is 16.2. The summed E-state index contributed by atoms with van der Waals surface area (Å²) >= 11 is 0. The van der Waals surface area contributed by atoms with E-state index in [0.29, 0.717) is 5.69 Å². The first-order valence-electron chi connectivity index (χ1n) is 21.3. The number of carbonyl (C=O) groups is 10. The van der Waals surface area contributed by atoms with E-state index in [1.54, 1.807) is 27.7 Å². The quantitative estimate of drug-likeness (QED) is 0.0188. The van der Waals surface area contributed by atoms with Crippen molar-refractivity contribution in [2.45, 2.75) is 128 Å². The number of hydrogen-bond donors (Lipinski definition) is 15. The Labute approximate surface area is 407 Å². The molecule has 410 valence electrons. The van der Waals surface area contributed by atoms with Crippen LogP contribution in [0.25, 0.3) is 0 Å². The normalized spacial score (nSPS) is 14.0. The van der Waals surface area contributed by atoms with Gasteiger partial charge in [-0.05, 0) is 51.4 Å². The number of nitrogens with one attached hydrogen (secondary N) is 8. The van der Waals surface area contributed by atoms with Crippen LogP contribution in [0.1, 0.15) is 72.9 Å². The molecule has 0 aromatic carbocycles. The lowest BCUT2D eigenvalue weighted by Crippen LogP contribution is -2.59. The van der Waals surface area contributed by atoms with E-state index in [9.17, 15) is 74.9 Å². The van der Waals surface area contributed by atoms with Crippen LogP contribution in [0.15, 0.2) is 17.5 Å². The maximum atomic E-state index is 13.6. The van der Waals surface area contributed by atoms with Gasteiger partial charge in [-0.25, -0.2) is 19.4 Å². The largest absolute Gasteiger partial charge is 0.490 e. The summed E-state index contributed by atoms with van der Waals surface area (Å²) in [6.45, 7) is 8.66. The third-order valence-electron chi connectivity index (χ3n) is 8.76. The van der Waals surface area contributed by atoms with E-state index in [2.05, 4.69) is 52.2 Å². The van der Waals surface area contributed by atoms with E-state index < -0.39 is 127 Å². The van der Waals surface area contributed by atoms with E-state index in [4.69, 9.17) is 37.0 Å². The van der Waals surface area contributed by atoms with Gasteiger partial charge in [0.2, 0.25) is 41.4 Å². The third-order valence-corrected chi connectivity index (χ3v) is 8.76. The predicted octanol–water partition coefficient (Wildman–Crippen LogP) is -3.17. The Morgan fingerprint density at radius 2 is 1.10 bits per heavy atom. The molecule has 1 rings (SSSR count). The monoisotopic (exact) mass is 1050 g/mol. The molecule has 18 N–H and O–H groups in total. The molecule has 0 aliphatic heterocycles. The summed E-state index contributed by atoms with van der Waals surface area (Å²) in [5.74, 6) is -12.6. The second kappa shape index (κ2) is 32.5. The highest BCUT2D eigenvalue weighted by Crippen LogP contribution is 2.14. The first-order valence-corrected chi connectivity index (χ1v) is 21.3.